The number of rotatable bonds is 5. The zero-order valence-electron chi connectivity index (χ0n) is 10.3. The highest BCUT2D eigenvalue weighted by Gasteiger charge is 2.04. The monoisotopic (exact) mass is 243 g/mol. The van der Waals surface area contributed by atoms with Gasteiger partial charge in [-0.15, -0.1) is 0 Å². The minimum absolute atomic E-state index is 0.394. The van der Waals surface area contributed by atoms with Crippen molar-refractivity contribution in [2.45, 2.75) is 13.0 Å². The first-order valence-corrected chi connectivity index (χ1v) is 5.99. The number of aliphatic hydroxyl groups is 1. The van der Waals surface area contributed by atoms with Gasteiger partial charge in [0.15, 0.2) is 5.75 Å². The number of nitrogens with one attached hydrogen (secondary N) is 1. The second kappa shape index (κ2) is 6.07. The quantitative estimate of drug-likeness (QED) is 0.846. The van der Waals surface area contributed by atoms with Crippen molar-refractivity contribution < 1.29 is 9.84 Å². The Hall–Kier alpha value is -2.00. The van der Waals surface area contributed by atoms with E-state index in [0.29, 0.717) is 6.54 Å². The van der Waals surface area contributed by atoms with Crippen molar-refractivity contribution in [3.63, 3.8) is 0 Å². The summed E-state index contributed by atoms with van der Waals surface area (Å²) in [6, 6.07) is 17.3. The van der Waals surface area contributed by atoms with E-state index in [0.717, 1.165) is 17.2 Å². The summed E-state index contributed by atoms with van der Waals surface area (Å²) in [5.41, 5.74) is 0.877. The Morgan fingerprint density at radius 1 is 1.06 bits per heavy atom. The maximum absolute atomic E-state index is 9.29. The Bertz CT molecular complexity index is 483. The number of ether oxygens (including phenoxy) is 1. The van der Waals surface area contributed by atoms with Crippen LogP contribution in [0.1, 0.15) is 6.92 Å². The van der Waals surface area contributed by atoms with Gasteiger partial charge in [-0.25, -0.2) is 0 Å². The van der Waals surface area contributed by atoms with Crippen molar-refractivity contribution in [1.29, 1.82) is 0 Å². The molecule has 3 heteroatoms. The average molecular weight is 243 g/mol. The number of benzene rings is 2. The van der Waals surface area contributed by atoms with Gasteiger partial charge in [-0.1, -0.05) is 30.3 Å². The van der Waals surface area contributed by atoms with Crippen LogP contribution in [0.2, 0.25) is 0 Å². The van der Waals surface area contributed by atoms with E-state index >= 15 is 0 Å². The average Bonchev–Trinajstić information content (AvgIpc) is 2.39. The van der Waals surface area contributed by atoms with Gasteiger partial charge >= 0.3 is 0 Å². The molecule has 0 saturated carbocycles. The minimum Gasteiger partial charge on any atom is -0.455 e. The van der Waals surface area contributed by atoms with E-state index in [-0.39, 0.29) is 0 Å². The predicted molar refractivity (Wildman–Crippen MR) is 73.1 cm³/mol. The first kappa shape index (κ1) is 12.5. The Morgan fingerprint density at radius 3 is 2.44 bits per heavy atom. The molecule has 0 heterocycles. The lowest BCUT2D eigenvalue weighted by Gasteiger charge is -2.13. The molecular weight excluding hydrogens is 226 g/mol. The van der Waals surface area contributed by atoms with Crippen LogP contribution in [0, 0.1) is 0 Å². The highest BCUT2D eigenvalue weighted by molar-refractivity contribution is 5.57. The van der Waals surface area contributed by atoms with Crippen molar-refractivity contribution in [2.75, 3.05) is 11.9 Å². The molecule has 0 saturated heterocycles. The van der Waals surface area contributed by atoms with E-state index in [2.05, 4.69) is 5.32 Å². The maximum atomic E-state index is 9.29. The molecule has 2 aromatic carbocycles. The zero-order chi connectivity index (χ0) is 12.8. The molecule has 1 atom stereocenters. The molecule has 0 radical (unpaired) electrons. The van der Waals surface area contributed by atoms with E-state index in [1.54, 1.807) is 6.92 Å². The van der Waals surface area contributed by atoms with Gasteiger partial charge in [0.2, 0.25) is 0 Å². The molecule has 0 aromatic heterocycles. The largest absolute Gasteiger partial charge is 0.455 e. The van der Waals surface area contributed by atoms with E-state index in [4.69, 9.17) is 4.74 Å². The van der Waals surface area contributed by atoms with Gasteiger partial charge in [-0.2, -0.15) is 0 Å². The Morgan fingerprint density at radius 2 is 1.72 bits per heavy atom. The van der Waals surface area contributed by atoms with Crippen LogP contribution in [0.4, 0.5) is 5.69 Å². The topological polar surface area (TPSA) is 41.5 Å². The van der Waals surface area contributed by atoms with Gasteiger partial charge in [-0.05, 0) is 31.2 Å². The molecule has 2 N–H and O–H groups in total. The molecule has 0 unspecified atom stereocenters. The summed E-state index contributed by atoms with van der Waals surface area (Å²) in [7, 11) is 0. The molecule has 0 aliphatic carbocycles. The highest BCUT2D eigenvalue weighted by Crippen LogP contribution is 2.28. The molecule has 0 aliphatic heterocycles. The molecule has 2 aromatic rings. The number of aliphatic hydroxyl groups excluding tert-OH is 1. The Kier molecular flexibility index (Phi) is 4.20. The van der Waals surface area contributed by atoms with E-state index < -0.39 is 6.10 Å². The van der Waals surface area contributed by atoms with Crippen LogP contribution in [0.3, 0.4) is 0 Å². The third kappa shape index (κ3) is 3.50. The highest BCUT2D eigenvalue weighted by atomic mass is 16.5. The van der Waals surface area contributed by atoms with Crippen LogP contribution in [-0.2, 0) is 0 Å². The molecule has 0 aliphatic rings. The van der Waals surface area contributed by atoms with Gasteiger partial charge in [0, 0.05) is 6.54 Å². The first-order chi connectivity index (χ1) is 8.75. The fourth-order valence-electron chi connectivity index (χ4n) is 1.57. The van der Waals surface area contributed by atoms with Crippen molar-refractivity contribution in [3.05, 3.63) is 54.6 Å². The van der Waals surface area contributed by atoms with Gasteiger partial charge < -0.3 is 15.2 Å². The molecule has 0 fully saturated rings. The van der Waals surface area contributed by atoms with Crippen molar-refractivity contribution in [1.82, 2.24) is 0 Å². The second-order valence-corrected chi connectivity index (χ2v) is 4.14. The van der Waals surface area contributed by atoms with Crippen LogP contribution in [0.25, 0.3) is 0 Å². The van der Waals surface area contributed by atoms with Gasteiger partial charge in [0.25, 0.3) is 0 Å². The van der Waals surface area contributed by atoms with Crippen LogP contribution < -0.4 is 10.1 Å². The molecule has 3 nitrogen and oxygen atoms in total. The lowest BCUT2D eigenvalue weighted by molar-refractivity contribution is 0.208. The fourth-order valence-corrected chi connectivity index (χ4v) is 1.57. The smallest absolute Gasteiger partial charge is 0.150 e. The van der Waals surface area contributed by atoms with Crippen molar-refractivity contribution >= 4 is 5.69 Å². The summed E-state index contributed by atoms with van der Waals surface area (Å²) >= 11 is 0. The maximum Gasteiger partial charge on any atom is 0.150 e. The van der Waals surface area contributed by atoms with E-state index in [1.807, 2.05) is 54.6 Å². The van der Waals surface area contributed by atoms with E-state index in [1.165, 1.54) is 0 Å². The summed E-state index contributed by atoms with van der Waals surface area (Å²) in [4.78, 5) is 0. The molecule has 0 bridgehead atoms. The van der Waals surface area contributed by atoms with Crippen LogP contribution in [-0.4, -0.2) is 17.8 Å². The number of hydrogen-bond acceptors (Lipinski definition) is 3. The van der Waals surface area contributed by atoms with Crippen LogP contribution >= 0.6 is 0 Å². The van der Waals surface area contributed by atoms with Gasteiger partial charge in [-0.3, -0.25) is 0 Å². The van der Waals surface area contributed by atoms with Gasteiger partial charge in [0.05, 0.1) is 11.8 Å². The van der Waals surface area contributed by atoms with Crippen LogP contribution in [0.15, 0.2) is 54.6 Å². The zero-order valence-corrected chi connectivity index (χ0v) is 10.3. The molecule has 18 heavy (non-hydrogen) atoms. The normalized spacial score (nSPS) is 11.9. The van der Waals surface area contributed by atoms with Crippen LogP contribution in [0.5, 0.6) is 11.5 Å². The summed E-state index contributed by atoms with van der Waals surface area (Å²) in [6.45, 7) is 2.24. The second-order valence-electron chi connectivity index (χ2n) is 4.14. The Balaban J connectivity index is 2.12. The van der Waals surface area contributed by atoms with Crippen molar-refractivity contribution in [3.8, 4) is 11.5 Å². The molecule has 94 valence electrons. The van der Waals surface area contributed by atoms with Gasteiger partial charge in [0.1, 0.15) is 5.75 Å². The third-order valence-corrected chi connectivity index (χ3v) is 2.45. The standard InChI is InChI=1S/C15H17NO2/c1-12(17)11-16-14-9-5-6-10-15(14)18-13-7-3-2-4-8-13/h2-10,12,16-17H,11H2,1H3/t12-/m0/s1. The van der Waals surface area contributed by atoms with E-state index in [9.17, 15) is 5.11 Å². The molecule has 0 spiro atoms. The molecule has 0 amide bonds. The first-order valence-electron chi connectivity index (χ1n) is 5.99. The minimum atomic E-state index is -0.394. The number of anilines is 1. The molecular formula is C15H17NO2. The SMILES string of the molecule is C[C@H](O)CNc1ccccc1Oc1ccccc1. The fraction of sp³-hybridized carbons (Fsp3) is 0.200. The lowest BCUT2D eigenvalue weighted by atomic mass is 10.2. The number of hydrogen-bond donors (Lipinski definition) is 2. The predicted octanol–water partition coefficient (Wildman–Crippen LogP) is 3.27. The Labute approximate surface area is 107 Å². The number of para-hydroxylation sites is 3. The summed E-state index contributed by atoms with van der Waals surface area (Å²) in [6.07, 6.45) is -0.394. The third-order valence-electron chi connectivity index (χ3n) is 2.45. The summed E-state index contributed by atoms with van der Waals surface area (Å²) in [5.74, 6) is 1.55. The van der Waals surface area contributed by atoms with Crippen molar-refractivity contribution in [2.24, 2.45) is 0 Å². The summed E-state index contributed by atoms with van der Waals surface area (Å²) in [5, 5.41) is 12.4. The lowest BCUT2D eigenvalue weighted by Crippen LogP contribution is -2.15. The summed E-state index contributed by atoms with van der Waals surface area (Å²) < 4.78 is 5.80. The molecule has 2 rings (SSSR count).